The van der Waals surface area contributed by atoms with Crippen molar-refractivity contribution in [3.05, 3.63) is 128 Å². The molecule has 0 unspecified atom stereocenters. The third-order valence-corrected chi connectivity index (χ3v) is 12.0. The summed E-state index contributed by atoms with van der Waals surface area (Å²) in [5, 5.41) is 57.6. The van der Waals surface area contributed by atoms with Gasteiger partial charge in [-0.15, -0.1) is 0 Å². The largest absolute Gasteiger partial charge is 0.872 e. The number of benzene rings is 6. The summed E-state index contributed by atoms with van der Waals surface area (Å²) < 4.78 is 2.39. The molecule has 0 saturated heterocycles. The first-order chi connectivity index (χ1) is 24.5. The fraction of sp³-hybridized carbons (Fsp3) is 0.186. The Bertz CT molecular complexity index is 2970. The summed E-state index contributed by atoms with van der Waals surface area (Å²) in [4.78, 5) is 6.11. The molecule has 0 amide bonds. The van der Waals surface area contributed by atoms with Crippen LogP contribution in [0.2, 0.25) is 0 Å². The van der Waals surface area contributed by atoms with Crippen molar-refractivity contribution in [3.8, 4) is 17.6 Å². The number of phenolic OH excluding ortho intramolecular Hbond substituents is 2. The van der Waals surface area contributed by atoms with Gasteiger partial charge in [-0.3, -0.25) is 0 Å². The molecule has 4 heterocycles. The Morgan fingerprint density at radius 3 is 2.08 bits per heavy atom. The molecule has 0 atom stereocenters. The lowest BCUT2D eigenvalue weighted by Gasteiger charge is -2.41. The summed E-state index contributed by atoms with van der Waals surface area (Å²) in [6.07, 6.45) is 3.36. The average Bonchev–Trinajstić information content (AvgIpc) is 3.15. The molecule has 0 aromatic heterocycles. The van der Waals surface area contributed by atoms with Crippen molar-refractivity contribution in [2.75, 3.05) is 31.1 Å². The van der Waals surface area contributed by atoms with Crippen LogP contribution in [0.5, 0.6) is 11.5 Å². The monoisotopic (exact) mass is 648 g/mol. The van der Waals surface area contributed by atoms with E-state index in [-0.39, 0.29) is 34.1 Å². The van der Waals surface area contributed by atoms with Gasteiger partial charge in [0.2, 0.25) is 5.36 Å². The molecule has 0 fully saturated rings. The number of aromatic hydroxyl groups is 2. The topological polar surface area (TPSA) is 97.9 Å². The molecule has 2 N–H and O–H groups in total. The summed E-state index contributed by atoms with van der Waals surface area (Å²) in [5.41, 5.74) is 6.95. The molecule has 50 heavy (non-hydrogen) atoms. The van der Waals surface area contributed by atoms with E-state index in [4.69, 9.17) is 6.57 Å². The van der Waals surface area contributed by atoms with Gasteiger partial charge in [0.15, 0.2) is 0 Å². The van der Waals surface area contributed by atoms with Crippen LogP contribution in [0.4, 0.5) is 5.69 Å². The van der Waals surface area contributed by atoms with Gasteiger partial charge in [0.25, 0.3) is 5.70 Å². The minimum atomic E-state index is -0.288. The summed E-state index contributed by atoms with van der Waals surface area (Å²) in [5.74, 6) is -0.147. The Kier molecular flexibility index (Phi) is 5.21. The molecule has 0 bridgehead atoms. The lowest BCUT2D eigenvalue weighted by atomic mass is 9.72. The summed E-state index contributed by atoms with van der Waals surface area (Å²) in [7, 11) is 0. The fourth-order valence-electron chi connectivity index (χ4n) is 9.96. The smallest absolute Gasteiger partial charge is 0.270 e. The van der Waals surface area contributed by atoms with E-state index in [2.05, 4.69) is 32.5 Å². The first kappa shape index (κ1) is 27.6. The molecular formula is C43H28N4O3. The van der Waals surface area contributed by atoms with Gasteiger partial charge in [-0.1, -0.05) is 54.3 Å². The van der Waals surface area contributed by atoms with Crippen molar-refractivity contribution in [2.24, 2.45) is 0 Å². The molecular weight excluding hydrogens is 620 g/mol. The highest BCUT2D eigenvalue weighted by Gasteiger charge is 2.37. The van der Waals surface area contributed by atoms with Crippen LogP contribution in [-0.4, -0.2) is 36.4 Å². The Hall–Kier alpha value is -6.31. The van der Waals surface area contributed by atoms with Crippen molar-refractivity contribution < 1.29 is 15.3 Å². The van der Waals surface area contributed by atoms with Gasteiger partial charge in [-0.25, -0.2) is 14.7 Å². The zero-order valence-electron chi connectivity index (χ0n) is 27.0. The van der Waals surface area contributed by atoms with E-state index in [9.17, 15) is 15.5 Å². The predicted molar refractivity (Wildman–Crippen MR) is 193 cm³/mol. The molecule has 7 nitrogen and oxygen atoms in total. The van der Waals surface area contributed by atoms with Crippen LogP contribution < -0.4 is 25.2 Å². The van der Waals surface area contributed by atoms with Crippen molar-refractivity contribution in [1.29, 1.82) is 5.26 Å². The minimum absolute atomic E-state index is 0.0701. The highest BCUT2D eigenvalue weighted by molar-refractivity contribution is 6.28. The number of nitriles is 1. The van der Waals surface area contributed by atoms with E-state index in [1.54, 1.807) is 12.1 Å². The van der Waals surface area contributed by atoms with Crippen molar-refractivity contribution in [2.45, 2.75) is 25.7 Å². The summed E-state index contributed by atoms with van der Waals surface area (Å²) >= 11 is 0. The maximum atomic E-state index is 15.2. The molecule has 0 spiro atoms. The Balaban J connectivity index is 1.40. The second-order valence-corrected chi connectivity index (χ2v) is 14.1. The molecule has 0 radical (unpaired) electrons. The molecule has 5 aliphatic rings. The second kappa shape index (κ2) is 9.43. The van der Waals surface area contributed by atoms with E-state index in [1.165, 1.54) is 11.1 Å². The van der Waals surface area contributed by atoms with Crippen LogP contribution >= 0.6 is 0 Å². The zero-order chi connectivity index (χ0) is 33.6. The number of rotatable bonds is 1. The van der Waals surface area contributed by atoms with Crippen LogP contribution in [-0.2, 0) is 25.7 Å². The van der Waals surface area contributed by atoms with Gasteiger partial charge >= 0.3 is 0 Å². The van der Waals surface area contributed by atoms with Crippen LogP contribution in [0.1, 0.15) is 27.8 Å². The van der Waals surface area contributed by atoms with E-state index in [0.717, 1.165) is 106 Å². The van der Waals surface area contributed by atoms with Crippen LogP contribution in [0.3, 0.4) is 0 Å². The maximum Gasteiger partial charge on any atom is 0.270 e. The molecule has 4 aliphatic heterocycles. The molecule has 6 aromatic carbocycles. The number of nitrogens with zero attached hydrogens (tertiary/aromatic N) is 4. The van der Waals surface area contributed by atoms with Crippen LogP contribution in [0.15, 0.2) is 77.7 Å². The second-order valence-electron chi connectivity index (χ2n) is 14.1. The Labute approximate surface area is 286 Å². The molecule has 7 heteroatoms. The van der Waals surface area contributed by atoms with Gasteiger partial charge < -0.3 is 20.2 Å². The van der Waals surface area contributed by atoms with Crippen LogP contribution in [0, 0.1) is 17.9 Å². The Morgan fingerprint density at radius 2 is 1.38 bits per heavy atom. The molecule has 238 valence electrons. The van der Waals surface area contributed by atoms with Crippen molar-refractivity contribution >= 4 is 59.9 Å². The molecule has 1 aliphatic carbocycles. The van der Waals surface area contributed by atoms with Crippen molar-refractivity contribution in [3.63, 3.8) is 0 Å². The first-order valence-electron chi connectivity index (χ1n) is 17.3. The summed E-state index contributed by atoms with van der Waals surface area (Å²) in [6, 6.07) is 21.8. The lowest BCUT2D eigenvalue weighted by molar-refractivity contribution is -0.292. The fourth-order valence-corrected chi connectivity index (χ4v) is 9.96. The zero-order valence-corrected chi connectivity index (χ0v) is 27.0. The van der Waals surface area contributed by atoms with Gasteiger partial charge in [-0.05, 0) is 74.7 Å². The molecule has 6 aromatic rings. The molecule has 11 rings (SSSR count). The first-order valence-corrected chi connectivity index (χ1v) is 17.3. The highest BCUT2D eigenvalue weighted by atomic mass is 16.3. The van der Waals surface area contributed by atoms with E-state index in [1.807, 2.05) is 36.4 Å². The van der Waals surface area contributed by atoms with E-state index >= 15 is 5.11 Å². The maximum absolute atomic E-state index is 15.2. The number of anilines is 1. The van der Waals surface area contributed by atoms with Gasteiger partial charge in [0.05, 0.1) is 29.1 Å². The molecule has 0 saturated carbocycles. The minimum Gasteiger partial charge on any atom is -0.872 e. The van der Waals surface area contributed by atoms with Crippen molar-refractivity contribution in [1.82, 2.24) is 4.58 Å². The van der Waals surface area contributed by atoms with E-state index in [0.29, 0.717) is 27.1 Å². The van der Waals surface area contributed by atoms with Crippen LogP contribution in [0.25, 0.3) is 59.1 Å². The normalized spacial score (nSPS) is 19.1. The predicted octanol–water partition coefficient (Wildman–Crippen LogP) is 4.87. The average molecular weight is 649 g/mol. The SMILES string of the molecule is [C-]#[N+]/C(C#N)=C1C(c2c3cccc4c3c3c5c(ccc(O)c25)CCN3CC4)=C([O-])C/1=c1\c2cccc3c2c2c4c(ccc(O)c14)CC[N+]=2CC3. The lowest BCUT2D eigenvalue weighted by Crippen LogP contribution is -2.42. The van der Waals surface area contributed by atoms with Gasteiger partial charge in [0, 0.05) is 58.3 Å². The number of phenols is 2. The standard InChI is InChI=1S/C43H28N4O3/c1-45-27(20-44)36-39(34-25-6-2-4-21-12-16-46-18-14-23-8-10-28(48)37(34)32(23)41(46)30(21)25)43(50)40(36)35-26-7-3-5-22-13-17-47-19-15-24-9-11-29(49)38(35)33(24)42(47)31(22)26/h2-11H,12-19H2,(H2-,48,49,50). The number of allylic oxidation sites excluding steroid dienone is 3. The third kappa shape index (κ3) is 3.16. The van der Waals surface area contributed by atoms with Gasteiger partial charge in [-0.2, -0.15) is 0 Å². The third-order valence-electron chi connectivity index (χ3n) is 12.0. The quantitative estimate of drug-likeness (QED) is 0.115. The number of hydrogen-bond donors (Lipinski definition) is 2. The Morgan fingerprint density at radius 1 is 0.740 bits per heavy atom. The van der Waals surface area contributed by atoms with E-state index < -0.39 is 0 Å². The highest BCUT2D eigenvalue weighted by Crippen LogP contribution is 2.56. The number of hydrogen-bond acceptors (Lipinski definition) is 5. The summed E-state index contributed by atoms with van der Waals surface area (Å²) in [6.45, 7) is 11.7. The van der Waals surface area contributed by atoms with Gasteiger partial charge in [0.1, 0.15) is 24.6 Å².